The highest BCUT2D eigenvalue weighted by Crippen LogP contribution is 2.07. The molecule has 0 aliphatic heterocycles. The Morgan fingerprint density at radius 1 is 0.520 bits per heavy atom. The molecule has 0 saturated carbocycles. The Kier molecular flexibility index (Phi) is 14.0. The second-order valence-corrected chi connectivity index (χ2v) is 6.70. The van der Waals surface area contributed by atoms with E-state index < -0.39 is 0 Å². The SMILES string of the molecule is Cc1cc[n+](CCCCCCCCC[n+]2ccc(C)cc2)cc1.[Br-].[Br-]. The van der Waals surface area contributed by atoms with Crippen LogP contribution in [0.5, 0.6) is 0 Å². The maximum Gasteiger partial charge on any atom is 0.169 e. The van der Waals surface area contributed by atoms with Crippen molar-refractivity contribution in [3.63, 3.8) is 0 Å². The summed E-state index contributed by atoms with van der Waals surface area (Å²) in [7, 11) is 0. The lowest BCUT2D eigenvalue weighted by Crippen LogP contribution is -3.00. The monoisotopic (exact) mass is 470 g/mol. The third-order valence-electron chi connectivity index (χ3n) is 4.45. The smallest absolute Gasteiger partial charge is 0.169 e. The Labute approximate surface area is 174 Å². The first-order valence-electron chi connectivity index (χ1n) is 9.15. The zero-order valence-corrected chi connectivity index (χ0v) is 18.8. The topological polar surface area (TPSA) is 7.76 Å². The van der Waals surface area contributed by atoms with Gasteiger partial charge < -0.3 is 34.0 Å². The van der Waals surface area contributed by atoms with Gasteiger partial charge in [0, 0.05) is 37.1 Å². The van der Waals surface area contributed by atoms with Crippen LogP contribution in [0.3, 0.4) is 0 Å². The molecule has 140 valence electrons. The van der Waals surface area contributed by atoms with Crippen molar-refractivity contribution in [1.82, 2.24) is 0 Å². The minimum absolute atomic E-state index is 0. The van der Waals surface area contributed by atoms with E-state index in [2.05, 4.69) is 72.0 Å². The Morgan fingerprint density at radius 2 is 0.800 bits per heavy atom. The van der Waals surface area contributed by atoms with E-state index in [1.54, 1.807) is 0 Å². The van der Waals surface area contributed by atoms with Gasteiger partial charge >= 0.3 is 0 Å². The molecule has 2 aromatic rings. The molecule has 2 heterocycles. The van der Waals surface area contributed by atoms with Gasteiger partial charge in [0.25, 0.3) is 0 Å². The van der Waals surface area contributed by atoms with Gasteiger partial charge in [0.05, 0.1) is 0 Å². The average Bonchev–Trinajstić information content (AvgIpc) is 2.56. The molecule has 0 amide bonds. The lowest BCUT2D eigenvalue weighted by Gasteiger charge is -2.01. The predicted octanol–water partition coefficient (Wildman–Crippen LogP) is -1.68. The number of unbranched alkanes of at least 4 members (excludes halogenated alkanes) is 6. The number of pyridine rings is 2. The molecule has 2 rings (SSSR count). The minimum Gasteiger partial charge on any atom is -1.00 e. The van der Waals surface area contributed by atoms with Gasteiger partial charge in [-0.1, -0.05) is 19.3 Å². The summed E-state index contributed by atoms with van der Waals surface area (Å²) >= 11 is 0. The minimum atomic E-state index is 0. The third kappa shape index (κ3) is 10.8. The molecule has 2 aromatic heterocycles. The van der Waals surface area contributed by atoms with Crippen molar-refractivity contribution in [2.45, 2.75) is 71.9 Å². The maximum atomic E-state index is 2.30. The Bertz CT molecular complexity index is 502. The van der Waals surface area contributed by atoms with Gasteiger partial charge in [-0.25, -0.2) is 9.13 Å². The molecular weight excluding hydrogens is 440 g/mol. The van der Waals surface area contributed by atoms with Gasteiger partial charge in [0.1, 0.15) is 13.1 Å². The van der Waals surface area contributed by atoms with Crippen LogP contribution in [0.25, 0.3) is 0 Å². The van der Waals surface area contributed by atoms with E-state index in [1.165, 1.54) is 56.1 Å². The molecular formula is C21H32Br2N2. The molecule has 0 N–H and O–H groups in total. The van der Waals surface area contributed by atoms with Crippen LogP contribution in [0.15, 0.2) is 49.1 Å². The Hall–Kier alpha value is -0.740. The number of rotatable bonds is 10. The summed E-state index contributed by atoms with van der Waals surface area (Å²) in [5, 5.41) is 0. The number of halogens is 2. The fraction of sp³-hybridized carbons (Fsp3) is 0.524. The van der Waals surface area contributed by atoms with E-state index >= 15 is 0 Å². The molecule has 0 radical (unpaired) electrons. The normalized spacial score (nSPS) is 10.0. The predicted molar refractivity (Wildman–Crippen MR) is 95.1 cm³/mol. The largest absolute Gasteiger partial charge is 1.00 e. The van der Waals surface area contributed by atoms with Crippen LogP contribution in [0.1, 0.15) is 56.1 Å². The van der Waals surface area contributed by atoms with Crippen LogP contribution in [0.4, 0.5) is 0 Å². The lowest BCUT2D eigenvalue weighted by atomic mass is 10.1. The summed E-state index contributed by atoms with van der Waals surface area (Å²) in [6.45, 7) is 6.60. The van der Waals surface area contributed by atoms with Crippen molar-refractivity contribution < 1.29 is 43.1 Å². The van der Waals surface area contributed by atoms with Crippen LogP contribution in [0.2, 0.25) is 0 Å². The van der Waals surface area contributed by atoms with E-state index in [0.29, 0.717) is 0 Å². The third-order valence-corrected chi connectivity index (χ3v) is 4.45. The van der Waals surface area contributed by atoms with Gasteiger partial charge in [-0.05, 0) is 37.8 Å². The van der Waals surface area contributed by atoms with Crippen LogP contribution in [-0.2, 0) is 13.1 Å². The molecule has 2 nitrogen and oxygen atoms in total. The molecule has 0 fully saturated rings. The first kappa shape index (κ1) is 24.3. The molecule has 0 saturated heterocycles. The maximum absolute atomic E-state index is 2.30. The molecule has 0 aliphatic rings. The Balaban J connectivity index is 0.00000288. The van der Waals surface area contributed by atoms with Crippen LogP contribution >= 0.6 is 0 Å². The summed E-state index contributed by atoms with van der Waals surface area (Å²) in [5.74, 6) is 0. The molecule has 0 spiro atoms. The van der Waals surface area contributed by atoms with Crippen molar-refractivity contribution in [1.29, 1.82) is 0 Å². The van der Waals surface area contributed by atoms with Gasteiger partial charge in [-0.15, -0.1) is 0 Å². The molecule has 0 bridgehead atoms. The number of nitrogens with zero attached hydrogens (tertiary/aromatic N) is 2. The summed E-state index contributed by atoms with van der Waals surface area (Å²) in [6, 6.07) is 8.75. The van der Waals surface area contributed by atoms with Crippen molar-refractivity contribution >= 4 is 0 Å². The van der Waals surface area contributed by atoms with Gasteiger partial charge in [0.2, 0.25) is 0 Å². The van der Waals surface area contributed by atoms with E-state index in [-0.39, 0.29) is 34.0 Å². The molecule has 4 heteroatoms. The van der Waals surface area contributed by atoms with E-state index in [9.17, 15) is 0 Å². The highest BCUT2D eigenvalue weighted by atomic mass is 79.9. The summed E-state index contributed by atoms with van der Waals surface area (Å²) in [5.41, 5.74) is 2.68. The van der Waals surface area contributed by atoms with Crippen LogP contribution < -0.4 is 43.1 Å². The van der Waals surface area contributed by atoms with E-state index in [0.717, 1.165) is 13.1 Å². The molecule has 0 aliphatic carbocycles. The fourth-order valence-corrected chi connectivity index (χ4v) is 2.83. The zero-order valence-electron chi connectivity index (χ0n) is 15.6. The highest BCUT2D eigenvalue weighted by Gasteiger charge is 2.01. The van der Waals surface area contributed by atoms with Crippen LogP contribution in [-0.4, -0.2) is 0 Å². The first-order valence-corrected chi connectivity index (χ1v) is 9.15. The van der Waals surface area contributed by atoms with Gasteiger partial charge in [-0.2, -0.15) is 0 Å². The van der Waals surface area contributed by atoms with Gasteiger partial charge in [-0.3, -0.25) is 0 Å². The van der Waals surface area contributed by atoms with E-state index in [1.807, 2.05) is 0 Å². The first-order chi connectivity index (χ1) is 11.2. The number of hydrogen-bond acceptors (Lipinski definition) is 0. The standard InChI is InChI=1S/C21H32N2.2BrH/c1-20-10-16-22(17-11-20)14-8-6-4-3-5-7-9-15-23-18-12-21(2)13-19-23;;/h10-13,16-19H,3-9,14-15H2,1-2H3;2*1H/q+2;;/p-2. The highest BCUT2D eigenvalue weighted by molar-refractivity contribution is 5.03. The average molecular weight is 472 g/mol. The number of hydrogen-bond donors (Lipinski definition) is 0. The van der Waals surface area contributed by atoms with Crippen molar-refractivity contribution in [3.05, 3.63) is 60.2 Å². The van der Waals surface area contributed by atoms with E-state index in [4.69, 9.17) is 0 Å². The number of aryl methyl sites for hydroxylation is 4. The summed E-state index contributed by atoms with van der Waals surface area (Å²) in [4.78, 5) is 0. The second-order valence-electron chi connectivity index (χ2n) is 6.70. The van der Waals surface area contributed by atoms with Crippen molar-refractivity contribution in [2.24, 2.45) is 0 Å². The van der Waals surface area contributed by atoms with Crippen molar-refractivity contribution in [2.75, 3.05) is 0 Å². The van der Waals surface area contributed by atoms with Gasteiger partial charge in [0.15, 0.2) is 24.8 Å². The molecule has 0 aromatic carbocycles. The van der Waals surface area contributed by atoms with Crippen LogP contribution in [0, 0.1) is 13.8 Å². The van der Waals surface area contributed by atoms with Crippen molar-refractivity contribution in [3.8, 4) is 0 Å². The molecule has 0 atom stereocenters. The quantitative estimate of drug-likeness (QED) is 0.289. The lowest BCUT2D eigenvalue weighted by molar-refractivity contribution is -0.697. The summed E-state index contributed by atoms with van der Waals surface area (Å²) in [6.07, 6.45) is 18.2. The zero-order chi connectivity index (χ0) is 16.3. The molecule has 25 heavy (non-hydrogen) atoms. The fourth-order valence-electron chi connectivity index (χ4n) is 2.83. The summed E-state index contributed by atoms with van der Waals surface area (Å²) < 4.78 is 4.59. The second kappa shape index (κ2) is 14.4. The Morgan fingerprint density at radius 3 is 1.12 bits per heavy atom. The number of aromatic nitrogens is 2. The molecule has 0 unspecified atom stereocenters.